The van der Waals surface area contributed by atoms with Crippen LogP contribution in [0.4, 0.5) is 0 Å². The van der Waals surface area contributed by atoms with Gasteiger partial charge in [-0.3, -0.25) is 4.79 Å². The zero-order valence-corrected chi connectivity index (χ0v) is 14.8. The second kappa shape index (κ2) is 6.74. The predicted molar refractivity (Wildman–Crippen MR) is 91.4 cm³/mol. The fourth-order valence-electron chi connectivity index (χ4n) is 3.33. The molecule has 3 heterocycles. The van der Waals surface area contributed by atoms with Crippen LogP contribution in [0.15, 0.2) is 29.4 Å². The summed E-state index contributed by atoms with van der Waals surface area (Å²) in [6.45, 7) is 2.58. The maximum Gasteiger partial charge on any atom is 0.256 e. The van der Waals surface area contributed by atoms with Gasteiger partial charge in [-0.05, 0) is 12.8 Å². The molecular weight excluding hydrogens is 334 g/mol. The molecule has 1 N–H and O–H groups in total. The second-order valence-corrected chi connectivity index (χ2v) is 6.62. The summed E-state index contributed by atoms with van der Waals surface area (Å²) in [5.41, 5.74) is 0.525. The van der Waals surface area contributed by atoms with E-state index in [2.05, 4.69) is 25.7 Å². The van der Waals surface area contributed by atoms with Gasteiger partial charge in [0.15, 0.2) is 5.82 Å². The lowest BCUT2D eigenvalue weighted by atomic mass is 9.79. The Labute approximate surface area is 150 Å². The summed E-state index contributed by atoms with van der Waals surface area (Å²) < 4.78 is 9.08. The molecule has 136 valence electrons. The number of amides is 1. The molecule has 0 atom stereocenters. The van der Waals surface area contributed by atoms with E-state index in [9.17, 15) is 4.79 Å². The van der Waals surface area contributed by atoms with E-state index in [4.69, 9.17) is 4.52 Å². The van der Waals surface area contributed by atoms with Crippen LogP contribution in [0, 0.1) is 0 Å². The van der Waals surface area contributed by atoms with Crippen LogP contribution in [-0.2, 0) is 20.0 Å². The van der Waals surface area contributed by atoms with Crippen LogP contribution in [0.2, 0.25) is 0 Å². The van der Waals surface area contributed by atoms with Crippen molar-refractivity contribution < 1.29 is 9.32 Å². The third-order valence-electron chi connectivity index (χ3n) is 4.93. The minimum absolute atomic E-state index is 0.120. The van der Waals surface area contributed by atoms with Crippen LogP contribution in [0.5, 0.6) is 0 Å². The van der Waals surface area contributed by atoms with Crippen LogP contribution in [0.1, 0.15) is 53.5 Å². The Bertz CT molecular complexity index is 890. The molecular formula is C17H21N7O2. The van der Waals surface area contributed by atoms with Crippen molar-refractivity contribution in [3.63, 3.8) is 0 Å². The molecule has 1 amide bonds. The van der Waals surface area contributed by atoms with Crippen molar-refractivity contribution in [1.82, 2.24) is 34.8 Å². The maximum atomic E-state index is 12.3. The summed E-state index contributed by atoms with van der Waals surface area (Å²) in [7, 11) is 1.98. The Morgan fingerprint density at radius 2 is 2.23 bits per heavy atom. The third kappa shape index (κ3) is 3.00. The first-order chi connectivity index (χ1) is 12.7. The average molecular weight is 355 g/mol. The fourth-order valence-corrected chi connectivity index (χ4v) is 3.33. The van der Waals surface area contributed by atoms with Gasteiger partial charge in [0.05, 0.1) is 19.1 Å². The second-order valence-electron chi connectivity index (χ2n) is 6.62. The monoisotopic (exact) mass is 355 g/mol. The van der Waals surface area contributed by atoms with E-state index in [0.717, 1.165) is 24.5 Å². The molecule has 0 unspecified atom stereocenters. The van der Waals surface area contributed by atoms with Crippen LogP contribution in [-0.4, -0.2) is 41.4 Å². The zero-order valence-electron chi connectivity index (χ0n) is 14.8. The van der Waals surface area contributed by atoms with E-state index in [1.54, 1.807) is 12.5 Å². The molecule has 1 aliphatic carbocycles. The lowest BCUT2D eigenvalue weighted by molar-refractivity contribution is 0.0905. The molecule has 1 saturated carbocycles. The van der Waals surface area contributed by atoms with Gasteiger partial charge in [0.25, 0.3) is 5.91 Å². The Hall–Kier alpha value is -2.97. The number of hydrogen-bond acceptors (Lipinski definition) is 6. The Morgan fingerprint density at radius 1 is 1.38 bits per heavy atom. The van der Waals surface area contributed by atoms with Crippen molar-refractivity contribution >= 4 is 5.91 Å². The number of imidazole rings is 1. The van der Waals surface area contributed by atoms with Crippen LogP contribution in [0.25, 0.3) is 0 Å². The van der Waals surface area contributed by atoms with Gasteiger partial charge in [-0.25, -0.2) is 4.98 Å². The molecule has 1 aliphatic rings. The number of carbonyl (C=O) groups excluding carboxylic acids is 1. The van der Waals surface area contributed by atoms with E-state index < -0.39 is 0 Å². The van der Waals surface area contributed by atoms with E-state index in [1.807, 2.05) is 29.3 Å². The van der Waals surface area contributed by atoms with Gasteiger partial charge in [-0.1, -0.05) is 12.1 Å². The quantitative estimate of drug-likeness (QED) is 0.714. The topological polar surface area (TPSA) is 104 Å². The SMILES string of the molecule is CCc1oncc1C(=O)NC1CC(c2nnc(Cn3ccnc3)n2C)C1. The number of rotatable bonds is 6. The largest absolute Gasteiger partial charge is 0.361 e. The molecule has 0 aliphatic heterocycles. The molecule has 26 heavy (non-hydrogen) atoms. The molecule has 1 fully saturated rings. The van der Waals surface area contributed by atoms with Gasteiger partial charge < -0.3 is 19.0 Å². The van der Waals surface area contributed by atoms with Gasteiger partial charge in [-0.15, -0.1) is 10.2 Å². The number of aromatic nitrogens is 6. The van der Waals surface area contributed by atoms with Gasteiger partial charge in [0.2, 0.25) is 0 Å². The highest BCUT2D eigenvalue weighted by molar-refractivity contribution is 5.95. The summed E-state index contributed by atoms with van der Waals surface area (Å²) in [6, 6.07) is 0.140. The van der Waals surface area contributed by atoms with Gasteiger partial charge in [-0.2, -0.15) is 0 Å². The van der Waals surface area contributed by atoms with E-state index in [-0.39, 0.29) is 11.9 Å². The molecule has 0 saturated heterocycles. The van der Waals surface area contributed by atoms with E-state index in [1.165, 1.54) is 6.20 Å². The lowest BCUT2D eigenvalue weighted by Crippen LogP contribution is -2.44. The fraction of sp³-hybridized carbons (Fsp3) is 0.471. The molecule has 0 bridgehead atoms. The summed E-state index contributed by atoms with van der Waals surface area (Å²) in [6.07, 6.45) is 9.25. The van der Waals surface area contributed by atoms with Gasteiger partial charge in [0, 0.05) is 37.8 Å². The highest BCUT2D eigenvalue weighted by atomic mass is 16.5. The predicted octanol–water partition coefficient (Wildman–Crippen LogP) is 1.29. The summed E-state index contributed by atoms with van der Waals surface area (Å²) in [5, 5.41) is 15.4. The zero-order chi connectivity index (χ0) is 18.1. The Kier molecular flexibility index (Phi) is 4.27. The van der Waals surface area contributed by atoms with Crippen molar-refractivity contribution in [2.45, 2.75) is 44.7 Å². The highest BCUT2D eigenvalue weighted by Gasteiger charge is 2.35. The summed E-state index contributed by atoms with van der Waals surface area (Å²) in [4.78, 5) is 16.4. The molecule has 0 radical (unpaired) electrons. The molecule has 9 heteroatoms. The molecule has 0 aromatic carbocycles. The van der Waals surface area contributed by atoms with Crippen molar-refractivity contribution in [1.29, 1.82) is 0 Å². The molecule has 0 spiro atoms. The van der Waals surface area contributed by atoms with Crippen molar-refractivity contribution in [2.75, 3.05) is 0 Å². The lowest BCUT2D eigenvalue weighted by Gasteiger charge is -2.34. The smallest absolute Gasteiger partial charge is 0.256 e. The third-order valence-corrected chi connectivity index (χ3v) is 4.93. The van der Waals surface area contributed by atoms with Gasteiger partial charge >= 0.3 is 0 Å². The first kappa shape index (κ1) is 16.5. The number of aryl methyl sites for hydroxylation is 1. The van der Waals surface area contributed by atoms with Gasteiger partial charge in [0.1, 0.15) is 17.1 Å². The van der Waals surface area contributed by atoms with Crippen molar-refractivity contribution in [2.24, 2.45) is 7.05 Å². The van der Waals surface area contributed by atoms with Crippen LogP contribution >= 0.6 is 0 Å². The minimum atomic E-state index is -0.120. The van der Waals surface area contributed by atoms with E-state index in [0.29, 0.717) is 30.2 Å². The number of carbonyl (C=O) groups is 1. The Morgan fingerprint density at radius 3 is 2.96 bits per heavy atom. The molecule has 3 aromatic heterocycles. The van der Waals surface area contributed by atoms with Crippen LogP contribution < -0.4 is 5.32 Å². The Balaban J connectivity index is 1.35. The number of nitrogens with zero attached hydrogens (tertiary/aromatic N) is 6. The number of hydrogen-bond donors (Lipinski definition) is 1. The minimum Gasteiger partial charge on any atom is -0.361 e. The van der Waals surface area contributed by atoms with E-state index >= 15 is 0 Å². The summed E-state index contributed by atoms with van der Waals surface area (Å²) >= 11 is 0. The first-order valence-electron chi connectivity index (χ1n) is 8.74. The highest BCUT2D eigenvalue weighted by Crippen LogP contribution is 2.36. The van der Waals surface area contributed by atoms with Crippen molar-refractivity contribution in [3.05, 3.63) is 47.9 Å². The summed E-state index contributed by atoms with van der Waals surface area (Å²) in [5.74, 6) is 2.66. The standard InChI is InChI=1S/C17H21N7O2/c1-3-14-13(8-19-26-14)17(25)20-12-6-11(7-12)16-22-21-15(23(16)2)9-24-5-4-18-10-24/h4-5,8,10-12H,3,6-7,9H2,1-2H3,(H,20,25). The van der Waals surface area contributed by atoms with Crippen molar-refractivity contribution in [3.8, 4) is 0 Å². The molecule has 4 rings (SSSR count). The first-order valence-corrected chi connectivity index (χ1v) is 8.74. The average Bonchev–Trinajstić information content (AvgIpc) is 3.33. The maximum absolute atomic E-state index is 12.3. The molecule has 3 aromatic rings. The molecule has 9 nitrogen and oxygen atoms in total. The van der Waals surface area contributed by atoms with Crippen LogP contribution in [0.3, 0.4) is 0 Å². The number of nitrogens with one attached hydrogen (secondary N) is 1. The normalized spacial score (nSPS) is 19.3.